The lowest BCUT2D eigenvalue weighted by molar-refractivity contribution is 0.622. The van der Waals surface area contributed by atoms with E-state index in [9.17, 15) is 4.39 Å². The number of nitrogens with two attached hydrogens (primary N) is 1. The molecule has 0 fully saturated rings. The minimum atomic E-state index is -0.208. The van der Waals surface area contributed by atoms with Crippen LogP contribution in [0.1, 0.15) is 11.1 Å². The van der Waals surface area contributed by atoms with Crippen molar-refractivity contribution in [2.45, 2.75) is 13.5 Å². The van der Waals surface area contributed by atoms with Gasteiger partial charge in [-0.2, -0.15) is 0 Å². The summed E-state index contributed by atoms with van der Waals surface area (Å²) in [5.41, 5.74) is 9.37. The first-order valence-corrected chi connectivity index (χ1v) is 5.88. The van der Waals surface area contributed by atoms with Gasteiger partial charge in [-0.05, 0) is 36.2 Å². The Kier molecular flexibility index (Phi) is 3.51. The van der Waals surface area contributed by atoms with E-state index < -0.39 is 0 Å². The summed E-state index contributed by atoms with van der Waals surface area (Å²) in [5, 5.41) is 0. The normalized spacial score (nSPS) is 10.4. The summed E-state index contributed by atoms with van der Waals surface area (Å²) < 4.78 is 13.6. The SMILES string of the molecule is Cc1ccc(CN(C)c2ccccc2F)cc1N. The molecule has 0 aromatic heterocycles. The molecule has 2 aromatic carbocycles. The molecule has 0 bridgehead atoms. The van der Waals surface area contributed by atoms with Crippen LogP contribution in [0.15, 0.2) is 42.5 Å². The van der Waals surface area contributed by atoms with Gasteiger partial charge in [0.15, 0.2) is 0 Å². The average Bonchev–Trinajstić information content (AvgIpc) is 2.34. The monoisotopic (exact) mass is 244 g/mol. The summed E-state index contributed by atoms with van der Waals surface area (Å²) in [4.78, 5) is 1.87. The molecule has 2 rings (SSSR count). The van der Waals surface area contributed by atoms with Gasteiger partial charge in [-0.1, -0.05) is 24.3 Å². The van der Waals surface area contributed by atoms with Crippen LogP contribution in [0.25, 0.3) is 0 Å². The Morgan fingerprint density at radius 1 is 1.17 bits per heavy atom. The average molecular weight is 244 g/mol. The van der Waals surface area contributed by atoms with Crippen molar-refractivity contribution in [3.63, 3.8) is 0 Å². The van der Waals surface area contributed by atoms with Crippen LogP contribution in [0.4, 0.5) is 15.8 Å². The maximum absolute atomic E-state index is 13.6. The molecule has 3 heteroatoms. The minimum Gasteiger partial charge on any atom is -0.399 e. The summed E-state index contributed by atoms with van der Waals surface area (Å²) >= 11 is 0. The molecule has 0 spiro atoms. The number of benzene rings is 2. The Bertz CT molecular complexity index is 552. The highest BCUT2D eigenvalue weighted by atomic mass is 19.1. The summed E-state index contributed by atoms with van der Waals surface area (Å²) in [6.07, 6.45) is 0. The molecular weight excluding hydrogens is 227 g/mol. The zero-order valence-electron chi connectivity index (χ0n) is 10.7. The number of halogens is 1. The zero-order chi connectivity index (χ0) is 13.1. The fourth-order valence-electron chi connectivity index (χ4n) is 1.91. The summed E-state index contributed by atoms with van der Waals surface area (Å²) in [5.74, 6) is -0.208. The van der Waals surface area contributed by atoms with Gasteiger partial charge < -0.3 is 10.6 Å². The molecule has 0 unspecified atom stereocenters. The van der Waals surface area contributed by atoms with Crippen molar-refractivity contribution in [3.05, 3.63) is 59.4 Å². The number of aryl methyl sites for hydroxylation is 1. The van der Waals surface area contributed by atoms with E-state index in [1.54, 1.807) is 12.1 Å². The molecule has 0 aliphatic heterocycles. The zero-order valence-corrected chi connectivity index (χ0v) is 10.7. The lowest BCUT2D eigenvalue weighted by Gasteiger charge is -2.20. The predicted molar refractivity (Wildman–Crippen MR) is 74.1 cm³/mol. The Morgan fingerprint density at radius 3 is 2.56 bits per heavy atom. The Labute approximate surface area is 107 Å². The van der Waals surface area contributed by atoms with Gasteiger partial charge in [-0.25, -0.2) is 4.39 Å². The number of hydrogen-bond acceptors (Lipinski definition) is 2. The molecule has 0 heterocycles. The topological polar surface area (TPSA) is 29.3 Å². The molecule has 2 N–H and O–H groups in total. The Hall–Kier alpha value is -2.03. The van der Waals surface area contributed by atoms with E-state index >= 15 is 0 Å². The molecule has 0 amide bonds. The van der Waals surface area contributed by atoms with Crippen molar-refractivity contribution in [2.75, 3.05) is 17.7 Å². The van der Waals surface area contributed by atoms with Crippen LogP contribution in [-0.2, 0) is 6.54 Å². The van der Waals surface area contributed by atoms with Crippen molar-refractivity contribution in [2.24, 2.45) is 0 Å². The second kappa shape index (κ2) is 5.08. The molecule has 0 aliphatic carbocycles. The molecule has 0 aliphatic rings. The molecule has 94 valence electrons. The number of hydrogen-bond donors (Lipinski definition) is 1. The highest BCUT2D eigenvalue weighted by Crippen LogP contribution is 2.20. The van der Waals surface area contributed by atoms with Crippen LogP contribution in [0.5, 0.6) is 0 Å². The van der Waals surface area contributed by atoms with Gasteiger partial charge in [-0.3, -0.25) is 0 Å². The summed E-state index contributed by atoms with van der Waals surface area (Å²) in [6, 6.07) is 12.7. The van der Waals surface area contributed by atoms with E-state index in [1.807, 2.05) is 43.1 Å². The van der Waals surface area contributed by atoms with Crippen molar-refractivity contribution >= 4 is 11.4 Å². The summed E-state index contributed by atoms with van der Waals surface area (Å²) in [6.45, 7) is 2.60. The van der Waals surface area contributed by atoms with Gasteiger partial charge >= 0.3 is 0 Å². The van der Waals surface area contributed by atoms with Gasteiger partial charge in [-0.15, -0.1) is 0 Å². The fourth-order valence-corrected chi connectivity index (χ4v) is 1.91. The third kappa shape index (κ3) is 2.62. The second-order valence-electron chi connectivity index (χ2n) is 4.50. The van der Waals surface area contributed by atoms with Gasteiger partial charge in [0.1, 0.15) is 5.82 Å². The van der Waals surface area contributed by atoms with Crippen LogP contribution in [-0.4, -0.2) is 7.05 Å². The molecule has 2 nitrogen and oxygen atoms in total. The highest BCUT2D eigenvalue weighted by Gasteiger charge is 2.07. The molecule has 2 aromatic rings. The van der Waals surface area contributed by atoms with Crippen LogP contribution < -0.4 is 10.6 Å². The Morgan fingerprint density at radius 2 is 1.89 bits per heavy atom. The second-order valence-corrected chi connectivity index (χ2v) is 4.50. The number of rotatable bonds is 3. The largest absolute Gasteiger partial charge is 0.399 e. The van der Waals surface area contributed by atoms with Gasteiger partial charge in [0.25, 0.3) is 0 Å². The van der Waals surface area contributed by atoms with Crippen molar-refractivity contribution in [1.29, 1.82) is 0 Å². The van der Waals surface area contributed by atoms with Gasteiger partial charge in [0.2, 0.25) is 0 Å². The van der Waals surface area contributed by atoms with Gasteiger partial charge in [0, 0.05) is 19.3 Å². The summed E-state index contributed by atoms with van der Waals surface area (Å²) in [7, 11) is 1.87. The molecule has 0 saturated heterocycles. The minimum absolute atomic E-state index is 0.208. The van der Waals surface area contributed by atoms with E-state index in [4.69, 9.17) is 5.73 Å². The number of nitrogens with zero attached hydrogens (tertiary/aromatic N) is 1. The lowest BCUT2D eigenvalue weighted by Crippen LogP contribution is -2.17. The molecule has 18 heavy (non-hydrogen) atoms. The smallest absolute Gasteiger partial charge is 0.146 e. The fraction of sp³-hybridized carbons (Fsp3) is 0.200. The molecular formula is C15H17FN2. The van der Waals surface area contributed by atoms with Crippen LogP contribution in [0.2, 0.25) is 0 Å². The van der Waals surface area contributed by atoms with Crippen LogP contribution in [0, 0.1) is 12.7 Å². The van der Waals surface area contributed by atoms with E-state index in [2.05, 4.69) is 0 Å². The first kappa shape index (κ1) is 12.4. The molecule has 0 radical (unpaired) electrons. The maximum atomic E-state index is 13.6. The third-order valence-electron chi connectivity index (χ3n) is 3.03. The van der Waals surface area contributed by atoms with Crippen LogP contribution >= 0.6 is 0 Å². The third-order valence-corrected chi connectivity index (χ3v) is 3.03. The van der Waals surface area contributed by atoms with E-state index in [0.29, 0.717) is 12.2 Å². The van der Waals surface area contributed by atoms with Gasteiger partial charge in [0.05, 0.1) is 5.69 Å². The molecule has 0 atom stereocenters. The Balaban J connectivity index is 2.19. The van der Waals surface area contributed by atoms with E-state index in [1.165, 1.54) is 6.07 Å². The number of anilines is 2. The number of nitrogen functional groups attached to an aromatic ring is 1. The first-order chi connectivity index (χ1) is 8.58. The van der Waals surface area contributed by atoms with Crippen molar-refractivity contribution < 1.29 is 4.39 Å². The first-order valence-electron chi connectivity index (χ1n) is 5.88. The maximum Gasteiger partial charge on any atom is 0.146 e. The highest BCUT2D eigenvalue weighted by molar-refractivity contribution is 5.51. The molecule has 0 saturated carbocycles. The van der Waals surface area contributed by atoms with Crippen molar-refractivity contribution in [3.8, 4) is 0 Å². The lowest BCUT2D eigenvalue weighted by atomic mass is 10.1. The number of para-hydroxylation sites is 1. The quantitative estimate of drug-likeness (QED) is 0.839. The predicted octanol–water partition coefficient (Wildman–Crippen LogP) is 3.35. The van der Waals surface area contributed by atoms with Crippen LogP contribution in [0.3, 0.4) is 0 Å². The van der Waals surface area contributed by atoms with Crippen molar-refractivity contribution in [1.82, 2.24) is 0 Å². The standard InChI is InChI=1S/C15H17FN2/c1-11-7-8-12(9-14(11)17)10-18(2)15-6-4-3-5-13(15)16/h3-9H,10,17H2,1-2H3. The van der Waals surface area contributed by atoms with E-state index in [0.717, 1.165) is 16.8 Å². The van der Waals surface area contributed by atoms with E-state index in [-0.39, 0.29) is 5.82 Å².